The van der Waals surface area contributed by atoms with Crippen LogP contribution in [0.25, 0.3) is 0 Å². The van der Waals surface area contributed by atoms with Crippen LogP contribution in [0.4, 0.5) is 0 Å². The predicted molar refractivity (Wildman–Crippen MR) is 178 cm³/mol. The van der Waals surface area contributed by atoms with Gasteiger partial charge in [0.05, 0.1) is 36.6 Å². The lowest BCUT2D eigenvalue weighted by Gasteiger charge is -2.64. The van der Waals surface area contributed by atoms with Gasteiger partial charge < -0.3 is 34.3 Å². The summed E-state index contributed by atoms with van der Waals surface area (Å²) in [5.74, 6) is 1.67. The Bertz CT molecular complexity index is 1200. The first-order valence-corrected chi connectivity index (χ1v) is 19.4. The standard InChI is InChI=1S/C39H65NO7/c1-23-20-25(32(41)35(4,5)43)46-31-30(23)36(6)14-15-39-22-38(39)13-10-28(34(2,3)26(38)8-9-27(39)37(36,7)33(31)42)47-29-21-40(16-19-45-29)24-11-17-44-18-12-24/h23-33,41-43H,8-22H2,1-7H3/t23-,25-,26+,27+,28+,29?,30?,31+,32+,33+,36-,37-,38-,39+/m1/s1. The zero-order valence-corrected chi connectivity index (χ0v) is 30.4. The smallest absolute Gasteiger partial charge is 0.170 e. The third-order valence-electron chi connectivity index (χ3n) is 16.9. The molecule has 8 fully saturated rings. The van der Waals surface area contributed by atoms with Crippen molar-refractivity contribution in [3.05, 3.63) is 0 Å². The number of hydrogen-bond donors (Lipinski definition) is 3. The van der Waals surface area contributed by atoms with Crippen molar-refractivity contribution < 1.29 is 34.3 Å². The van der Waals surface area contributed by atoms with Crippen molar-refractivity contribution in [3.63, 3.8) is 0 Å². The van der Waals surface area contributed by atoms with Crippen LogP contribution in [0, 0.1) is 50.7 Å². The van der Waals surface area contributed by atoms with E-state index in [4.69, 9.17) is 18.9 Å². The van der Waals surface area contributed by atoms with Gasteiger partial charge >= 0.3 is 0 Å². The molecule has 3 saturated heterocycles. The number of fused-ring (bicyclic) bond motifs is 4. The summed E-state index contributed by atoms with van der Waals surface area (Å²) in [4.78, 5) is 2.59. The molecule has 8 rings (SSSR count). The minimum atomic E-state index is -1.24. The van der Waals surface area contributed by atoms with Crippen LogP contribution in [-0.2, 0) is 18.9 Å². The second-order valence-corrected chi connectivity index (χ2v) is 19.4. The van der Waals surface area contributed by atoms with Crippen LogP contribution >= 0.6 is 0 Å². The van der Waals surface area contributed by atoms with Crippen molar-refractivity contribution >= 4 is 0 Å². The van der Waals surface area contributed by atoms with E-state index < -0.39 is 23.9 Å². The van der Waals surface area contributed by atoms with Crippen LogP contribution in [-0.4, -0.2) is 102 Å². The third-order valence-corrected chi connectivity index (χ3v) is 16.9. The number of rotatable bonds is 5. The highest BCUT2D eigenvalue weighted by Crippen LogP contribution is 2.89. The van der Waals surface area contributed by atoms with E-state index in [0.717, 1.165) is 71.4 Å². The maximum Gasteiger partial charge on any atom is 0.170 e. The number of morpholine rings is 1. The Kier molecular flexibility index (Phi) is 7.98. The summed E-state index contributed by atoms with van der Waals surface area (Å²) in [6.07, 6.45) is 9.05. The molecule has 3 N–H and O–H groups in total. The van der Waals surface area contributed by atoms with Crippen LogP contribution in [0.3, 0.4) is 0 Å². The molecule has 3 aliphatic heterocycles. The van der Waals surface area contributed by atoms with Gasteiger partial charge in [0, 0.05) is 37.8 Å². The molecule has 268 valence electrons. The van der Waals surface area contributed by atoms with E-state index in [1.165, 1.54) is 25.7 Å². The van der Waals surface area contributed by atoms with Crippen LogP contribution in [0.15, 0.2) is 0 Å². The van der Waals surface area contributed by atoms with E-state index in [1.807, 2.05) is 0 Å². The molecular weight excluding hydrogens is 594 g/mol. The van der Waals surface area contributed by atoms with Gasteiger partial charge in [0.2, 0.25) is 0 Å². The minimum Gasteiger partial charge on any atom is -0.390 e. The number of aliphatic hydroxyl groups is 3. The Morgan fingerprint density at radius 1 is 0.915 bits per heavy atom. The summed E-state index contributed by atoms with van der Waals surface area (Å²) < 4.78 is 25.6. The Morgan fingerprint density at radius 2 is 1.62 bits per heavy atom. The fraction of sp³-hybridized carbons (Fsp3) is 1.00. The summed E-state index contributed by atoms with van der Waals surface area (Å²) >= 11 is 0. The molecule has 2 spiro atoms. The monoisotopic (exact) mass is 659 g/mol. The Labute approximate surface area is 283 Å². The summed E-state index contributed by atoms with van der Waals surface area (Å²) in [5, 5.41) is 34.2. The normalized spacial score (nSPS) is 53.6. The lowest BCUT2D eigenvalue weighted by Crippen LogP contribution is -2.60. The van der Waals surface area contributed by atoms with Gasteiger partial charge in [-0.2, -0.15) is 0 Å². The van der Waals surface area contributed by atoms with Gasteiger partial charge in [0.25, 0.3) is 0 Å². The molecule has 0 aromatic heterocycles. The summed E-state index contributed by atoms with van der Waals surface area (Å²) in [7, 11) is 0. The summed E-state index contributed by atoms with van der Waals surface area (Å²) in [5.41, 5.74) is -0.800. The Hall–Kier alpha value is -0.320. The van der Waals surface area contributed by atoms with E-state index in [-0.39, 0.29) is 46.1 Å². The van der Waals surface area contributed by atoms with E-state index >= 15 is 0 Å². The molecule has 5 aliphatic carbocycles. The molecule has 5 saturated carbocycles. The average Bonchev–Trinajstić information content (AvgIpc) is 3.67. The second-order valence-electron chi connectivity index (χ2n) is 19.4. The second kappa shape index (κ2) is 11.1. The molecule has 0 aromatic carbocycles. The molecule has 0 bridgehead atoms. The first-order chi connectivity index (χ1) is 22.1. The molecule has 8 aliphatic rings. The first-order valence-electron chi connectivity index (χ1n) is 19.4. The third kappa shape index (κ3) is 4.60. The van der Waals surface area contributed by atoms with Crippen molar-refractivity contribution in [1.82, 2.24) is 4.90 Å². The maximum atomic E-state index is 12.5. The summed E-state index contributed by atoms with van der Waals surface area (Å²) in [6.45, 7) is 19.8. The predicted octanol–water partition coefficient (Wildman–Crippen LogP) is 5.15. The lowest BCUT2D eigenvalue weighted by atomic mass is 9.41. The quantitative estimate of drug-likeness (QED) is 0.373. The van der Waals surface area contributed by atoms with Crippen LogP contribution < -0.4 is 0 Å². The molecule has 0 radical (unpaired) electrons. The molecule has 8 nitrogen and oxygen atoms in total. The Balaban J connectivity index is 1.01. The van der Waals surface area contributed by atoms with Gasteiger partial charge in [-0.3, -0.25) is 4.90 Å². The highest BCUT2D eigenvalue weighted by atomic mass is 16.7. The molecule has 2 unspecified atom stereocenters. The number of aliphatic hydroxyl groups excluding tert-OH is 2. The molecule has 14 atom stereocenters. The van der Waals surface area contributed by atoms with Crippen LogP contribution in [0.2, 0.25) is 0 Å². The molecule has 0 amide bonds. The SMILES string of the molecule is C[C@@H]1C[C@H]([C@H](O)C(C)(C)O)O[C@H]2C1[C@@]1(C)CC[C@@]34C[C@@]35CC[C@H](OC3CN(C6CCOCC6)CCO3)C(C)(C)[C@@H]5CC[C@H]4[C@]1(C)[C@H]2O. The number of hydrogen-bond acceptors (Lipinski definition) is 8. The Morgan fingerprint density at radius 3 is 2.34 bits per heavy atom. The molecular formula is C39H65NO7. The maximum absolute atomic E-state index is 12.5. The van der Waals surface area contributed by atoms with Gasteiger partial charge in [-0.25, -0.2) is 0 Å². The number of nitrogens with zero attached hydrogens (tertiary/aromatic N) is 1. The zero-order chi connectivity index (χ0) is 33.4. The van der Waals surface area contributed by atoms with Crippen molar-refractivity contribution in [1.29, 1.82) is 0 Å². The highest BCUT2D eigenvalue weighted by molar-refractivity contribution is 5.33. The summed E-state index contributed by atoms with van der Waals surface area (Å²) in [6, 6.07) is 0.585. The van der Waals surface area contributed by atoms with Crippen LogP contribution in [0.1, 0.15) is 113 Å². The molecule has 8 heteroatoms. The lowest BCUT2D eigenvalue weighted by molar-refractivity contribution is -0.252. The highest BCUT2D eigenvalue weighted by Gasteiger charge is 2.84. The zero-order valence-electron chi connectivity index (χ0n) is 30.4. The molecule has 47 heavy (non-hydrogen) atoms. The van der Waals surface area contributed by atoms with Crippen molar-refractivity contribution in [2.45, 2.75) is 161 Å². The molecule has 0 aromatic rings. The van der Waals surface area contributed by atoms with Gasteiger partial charge in [-0.1, -0.05) is 34.6 Å². The van der Waals surface area contributed by atoms with Crippen molar-refractivity contribution in [2.75, 3.05) is 32.9 Å². The molecule has 3 heterocycles. The van der Waals surface area contributed by atoms with Gasteiger partial charge in [0.15, 0.2) is 6.29 Å². The van der Waals surface area contributed by atoms with E-state index in [0.29, 0.717) is 29.2 Å². The van der Waals surface area contributed by atoms with Gasteiger partial charge in [-0.15, -0.1) is 0 Å². The fourth-order valence-corrected chi connectivity index (χ4v) is 14.5. The topological polar surface area (TPSA) is 101 Å². The van der Waals surface area contributed by atoms with Gasteiger partial charge in [-0.05, 0) is 123 Å². The van der Waals surface area contributed by atoms with Crippen molar-refractivity contribution in [3.8, 4) is 0 Å². The fourth-order valence-electron chi connectivity index (χ4n) is 14.5. The largest absolute Gasteiger partial charge is 0.390 e. The number of ether oxygens (including phenoxy) is 4. The van der Waals surface area contributed by atoms with E-state index in [2.05, 4.69) is 39.5 Å². The first kappa shape index (κ1) is 33.8. The van der Waals surface area contributed by atoms with Crippen LogP contribution in [0.5, 0.6) is 0 Å². The average molecular weight is 660 g/mol. The van der Waals surface area contributed by atoms with E-state index in [9.17, 15) is 15.3 Å². The minimum absolute atomic E-state index is 0.0157. The van der Waals surface area contributed by atoms with Gasteiger partial charge in [0.1, 0.15) is 6.10 Å². The van der Waals surface area contributed by atoms with Crippen molar-refractivity contribution in [2.24, 2.45) is 50.7 Å². The van der Waals surface area contributed by atoms with E-state index in [1.54, 1.807) is 13.8 Å².